The van der Waals surface area contributed by atoms with Crippen LogP contribution in [0.4, 0.5) is 0 Å². The van der Waals surface area contributed by atoms with Crippen molar-refractivity contribution < 1.29 is 29.7 Å². The first-order valence-corrected chi connectivity index (χ1v) is 13.3. The van der Waals surface area contributed by atoms with Gasteiger partial charge in [-0.05, 0) is 60.8 Å². The normalized spacial score (nSPS) is 40.9. The number of hydrogen-bond donors (Lipinski definition) is 5. The van der Waals surface area contributed by atoms with Gasteiger partial charge in [0, 0.05) is 12.6 Å². The van der Waals surface area contributed by atoms with E-state index in [0.717, 1.165) is 12.8 Å². The SMILES string of the molecule is CCC1CC2CC3C=CC=CC(=O)NCCC(O)C4NC(=O)/C(=C(/O)C=CC=CC(O)C3C2C1C)C4=O. The van der Waals surface area contributed by atoms with Crippen molar-refractivity contribution >= 4 is 17.6 Å². The predicted octanol–water partition coefficient (Wildman–Crippen LogP) is 2.27. The van der Waals surface area contributed by atoms with E-state index in [4.69, 9.17) is 0 Å². The summed E-state index contributed by atoms with van der Waals surface area (Å²) in [4.78, 5) is 37.2. The van der Waals surface area contributed by atoms with Crippen LogP contribution in [0.2, 0.25) is 0 Å². The average Bonchev–Trinajstić information content (AvgIpc) is 3.48. The van der Waals surface area contributed by atoms with Gasteiger partial charge in [-0.2, -0.15) is 0 Å². The molecule has 37 heavy (non-hydrogen) atoms. The van der Waals surface area contributed by atoms with Crippen LogP contribution in [0.3, 0.4) is 0 Å². The van der Waals surface area contributed by atoms with E-state index in [9.17, 15) is 29.7 Å². The number of fused-ring (bicyclic) bond motifs is 5. The first-order valence-electron chi connectivity index (χ1n) is 13.3. The minimum atomic E-state index is -1.22. The van der Waals surface area contributed by atoms with Crippen LogP contribution < -0.4 is 10.6 Å². The summed E-state index contributed by atoms with van der Waals surface area (Å²) in [7, 11) is 0. The van der Waals surface area contributed by atoms with Gasteiger partial charge in [-0.3, -0.25) is 14.4 Å². The molecule has 5 N–H and O–H groups in total. The van der Waals surface area contributed by atoms with E-state index in [-0.39, 0.29) is 30.7 Å². The number of carbonyl (C=O) groups excluding carboxylic acids is 3. The summed E-state index contributed by atoms with van der Waals surface area (Å²) in [6.45, 7) is 4.63. The standard InChI is InChI=1S/C29H38N2O6/c1-3-17-14-19-15-18-8-4-7-11-23(35)30-13-12-22(34)27-28(36)26(29(37)31-27)21(33)10-6-5-9-20(32)25(18)24(19)16(17)2/h4-11,16-20,22,24-25,27,32-34H,3,12-15H2,1-2H3,(H,30,35)(H,31,37)/b8-4?,9-5?,10-6?,11-7?,26-21+. The van der Waals surface area contributed by atoms with Crippen LogP contribution in [-0.2, 0) is 14.4 Å². The van der Waals surface area contributed by atoms with Crippen LogP contribution in [-0.4, -0.2) is 57.7 Å². The van der Waals surface area contributed by atoms with Gasteiger partial charge < -0.3 is 26.0 Å². The summed E-state index contributed by atoms with van der Waals surface area (Å²) in [5, 5.41) is 37.1. The van der Waals surface area contributed by atoms with Crippen molar-refractivity contribution in [2.24, 2.45) is 35.5 Å². The maximum absolute atomic E-state index is 12.7. The summed E-state index contributed by atoms with van der Waals surface area (Å²) in [6.07, 6.45) is 14.5. The Labute approximate surface area is 217 Å². The van der Waals surface area contributed by atoms with Crippen LogP contribution in [0.5, 0.6) is 0 Å². The van der Waals surface area contributed by atoms with Gasteiger partial charge in [-0.1, -0.05) is 56.7 Å². The van der Waals surface area contributed by atoms with Crippen LogP contribution in [0, 0.1) is 35.5 Å². The zero-order chi connectivity index (χ0) is 26.7. The maximum Gasteiger partial charge on any atom is 0.259 e. The number of aliphatic hydroxyl groups excluding tert-OH is 3. The molecular weight excluding hydrogens is 472 g/mol. The Morgan fingerprint density at radius 2 is 1.70 bits per heavy atom. The van der Waals surface area contributed by atoms with E-state index < -0.39 is 41.3 Å². The van der Waals surface area contributed by atoms with Crippen molar-refractivity contribution in [2.45, 2.75) is 57.8 Å². The van der Waals surface area contributed by atoms with Gasteiger partial charge in [-0.25, -0.2) is 0 Å². The van der Waals surface area contributed by atoms with Crippen molar-refractivity contribution in [2.75, 3.05) is 6.54 Å². The molecule has 1 saturated heterocycles. The zero-order valence-electron chi connectivity index (χ0n) is 21.4. The van der Waals surface area contributed by atoms with Gasteiger partial charge in [0.1, 0.15) is 17.4 Å². The maximum atomic E-state index is 12.7. The summed E-state index contributed by atoms with van der Waals surface area (Å²) >= 11 is 0. The summed E-state index contributed by atoms with van der Waals surface area (Å²) in [5.74, 6) is 0.00864. The van der Waals surface area contributed by atoms with E-state index in [1.807, 2.05) is 6.08 Å². The lowest BCUT2D eigenvalue weighted by Gasteiger charge is -2.30. The number of amides is 2. The highest BCUT2D eigenvalue weighted by Crippen LogP contribution is 2.57. The Hall–Kier alpha value is -2.97. The molecule has 200 valence electrons. The molecule has 9 unspecified atom stereocenters. The molecule has 0 aromatic heterocycles. The zero-order valence-corrected chi connectivity index (χ0v) is 21.4. The van der Waals surface area contributed by atoms with Crippen LogP contribution in [0.1, 0.15) is 39.5 Å². The number of carbonyl (C=O) groups is 3. The van der Waals surface area contributed by atoms with Crippen LogP contribution >= 0.6 is 0 Å². The number of aliphatic hydroxyl groups is 3. The van der Waals surface area contributed by atoms with Crippen molar-refractivity contribution in [3.8, 4) is 0 Å². The average molecular weight is 511 g/mol. The molecule has 8 heteroatoms. The Kier molecular flexibility index (Phi) is 8.49. The number of allylic oxidation sites excluding steroid dienone is 6. The summed E-state index contributed by atoms with van der Waals surface area (Å²) < 4.78 is 0. The molecule has 0 radical (unpaired) electrons. The second kappa shape index (κ2) is 11.6. The van der Waals surface area contributed by atoms with E-state index in [2.05, 4.69) is 30.6 Å². The highest BCUT2D eigenvalue weighted by atomic mass is 16.3. The largest absolute Gasteiger partial charge is 0.507 e. The van der Waals surface area contributed by atoms with Gasteiger partial charge in [0.05, 0.1) is 12.2 Å². The number of rotatable bonds is 1. The molecule has 3 fully saturated rings. The lowest BCUT2D eigenvalue weighted by molar-refractivity contribution is -0.118. The van der Waals surface area contributed by atoms with Gasteiger partial charge in [0.15, 0.2) is 5.78 Å². The third-order valence-corrected chi connectivity index (χ3v) is 8.75. The van der Waals surface area contributed by atoms with E-state index >= 15 is 0 Å². The first kappa shape index (κ1) is 27.1. The Bertz CT molecular complexity index is 1060. The minimum absolute atomic E-state index is 0.0293. The lowest BCUT2D eigenvalue weighted by Crippen LogP contribution is -2.42. The highest BCUT2D eigenvalue weighted by Gasteiger charge is 2.52. The molecule has 9 atom stereocenters. The van der Waals surface area contributed by atoms with Crippen molar-refractivity contribution in [3.05, 3.63) is 59.9 Å². The minimum Gasteiger partial charge on any atom is -0.507 e. The van der Waals surface area contributed by atoms with Gasteiger partial charge in [0.2, 0.25) is 5.91 Å². The molecule has 0 aromatic rings. The molecule has 2 bridgehead atoms. The molecule has 2 amide bonds. The quantitative estimate of drug-likeness (QED) is 0.344. The van der Waals surface area contributed by atoms with Gasteiger partial charge >= 0.3 is 0 Å². The second-order valence-corrected chi connectivity index (χ2v) is 10.8. The Morgan fingerprint density at radius 3 is 2.46 bits per heavy atom. The highest BCUT2D eigenvalue weighted by molar-refractivity contribution is 6.27. The number of nitrogens with one attached hydrogen (secondary N) is 2. The number of hydrogen-bond acceptors (Lipinski definition) is 6. The van der Waals surface area contributed by atoms with Crippen molar-refractivity contribution in [3.63, 3.8) is 0 Å². The molecule has 4 rings (SSSR count). The second-order valence-electron chi connectivity index (χ2n) is 10.8. The Balaban J connectivity index is 1.62. The van der Waals surface area contributed by atoms with Gasteiger partial charge in [-0.15, -0.1) is 0 Å². The molecule has 0 aromatic carbocycles. The molecule has 0 spiro atoms. The summed E-state index contributed by atoms with van der Waals surface area (Å²) in [5.41, 5.74) is -0.412. The fourth-order valence-electron chi connectivity index (χ4n) is 6.96. The molecule has 2 aliphatic heterocycles. The third kappa shape index (κ3) is 5.65. The number of ketones is 1. The molecule has 2 saturated carbocycles. The Morgan fingerprint density at radius 1 is 0.973 bits per heavy atom. The lowest BCUT2D eigenvalue weighted by atomic mass is 9.76. The van der Waals surface area contributed by atoms with Crippen molar-refractivity contribution in [1.29, 1.82) is 0 Å². The van der Waals surface area contributed by atoms with E-state index in [0.29, 0.717) is 23.7 Å². The van der Waals surface area contributed by atoms with E-state index in [1.54, 1.807) is 18.2 Å². The number of Topliss-reactive ketones (excluding diaryl/α,β-unsaturated/α-hetero) is 1. The molecule has 2 aliphatic carbocycles. The molecule has 8 nitrogen and oxygen atoms in total. The smallest absolute Gasteiger partial charge is 0.259 e. The predicted molar refractivity (Wildman–Crippen MR) is 139 cm³/mol. The fourth-order valence-corrected chi connectivity index (χ4v) is 6.96. The molecule has 2 heterocycles. The van der Waals surface area contributed by atoms with Crippen LogP contribution in [0.25, 0.3) is 0 Å². The molecule has 4 aliphatic rings. The first-order chi connectivity index (χ1) is 17.7. The van der Waals surface area contributed by atoms with Gasteiger partial charge in [0.25, 0.3) is 5.91 Å². The van der Waals surface area contributed by atoms with Crippen molar-refractivity contribution in [1.82, 2.24) is 10.6 Å². The van der Waals surface area contributed by atoms with Crippen LogP contribution in [0.15, 0.2) is 59.9 Å². The van der Waals surface area contributed by atoms with E-state index in [1.165, 1.54) is 24.6 Å². The fraction of sp³-hybridized carbons (Fsp3) is 0.552. The monoisotopic (exact) mass is 510 g/mol. The molecular formula is C29H38N2O6. The third-order valence-electron chi connectivity index (χ3n) is 8.75. The summed E-state index contributed by atoms with van der Waals surface area (Å²) in [6, 6.07) is -1.19. The topological polar surface area (TPSA) is 136 Å².